The van der Waals surface area contributed by atoms with E-state index < -0.39 is 5.82 Å². The average Bonchev–Trinajstić information content (AvgIpc) is 3.63. The molecule has 0 saturated heterocycles. The molecule has 0 radical (unpaired) electrons. The number of imidazole rings is 1. The molecule has 5 heterocycles. The molecular formula is C26H20FN7OS. The Kier molecular flexibility index (Phi) is 5.49. The van der Waals surface area contributed by atoms with Crippen molar-refractivity contribution in [3.63, 3.8) is 0 Å². The van der Waals surface area contributed by atoms with Crippen molar-refractivity contribution < 1.29 is 9.18 Å². The number of H-pyrrole nitrogens is 2. The van der Waals surface area contributed by atoms with E-state index in [0.29, 0.717) is 51.2 Å². The van der Waals surface area contributed by atoms with Crippen molar-refractivity contribution in [3.8, 4) is 33.2 Å². The van der Waals surface area contributed by atoms with E-state index in [2.05, 4.69) is 30.5 Å². The Morgan fingerprint density at radius 1 is 1.14 bits per heavy atom. The van der Waals surface area contributed by atoms with E-state index in [1.54, 1.807) is 48.1 Å². The molecule has 0 aliphatic carbocycles. The Hall–Kier alpha value is -4.44. The van der Waals surface area contributed by atoms with Gasteiger partial charge < -0.3 is 10.3 Å². The van der Waals surface area contributed by atoms with E-state index >= 15 is 4.39 Å². The van der Waals surface area contributed by atoms with Gasteiger partial charge in [-0.1, -0.05) is 13.0 Å². The van der Waals surface area contributed by atoms with Crippen LogP contribution in [-0.2, 0) is 4.79 Å². The van der Waals surface area contributed by atoms with E-state index in [1.807, 2.05) is 30.5 Å². The molecular weight excluding hydrogens is 477 g/mol. The maximum absolute atomic E-state index is 16.0. The van der Waals surface area contributed by atoms with Crippen molar-refractivity contribution in [3.05, 3.63) is 66.2 Å². The van der Waals surface area contributed by atoms with Crippen LogP contribution in [0.15, 0.2) is 60.4 Å². The molecule has 0 aliphatic rings. The van der Waals surface area contributed by atoms with E-state index in [1.165, 1.54) is 0 Å². The van der Waals surface area contributed by atoms with Gasteiger partial charge >= 0.3 is 0 Å². The molecule has 1 aromatic carbocycles. The summed E-state index contributed by atoms with van der Waals surface area (Å²) in [4.78, 5) is 29.7. The van der Waals surface area contributed by atoms with Gasteiger partial charge in [-0.2, -0.15) is 5.10 Å². The fourth-order valence-corrected chi connectivity index (χ4v) is 4.94. The van der Waals surface area contributed by atoms with Crippen LogP contribution < -0.4 is 5.32 Å². The van der Waals surface area contributed by atoms with E-state index in [0.717, 1.165) is 22.5 Å². The lowest BCUT2D eigenvalue weighted by atomic mass is 10.0. The van der Waals surface area contributed by atoms with Crippen LogP contribution in [0.3, 0.4) is 0 Å². The van der Waals surface area contributed by atoms with Crippen molar-refractivity contribution in [1.82, 2.24) is 30.1 Å². The summed E-state index contributed by atoms with van der Waals surface area (Å²) >= 11 is 1.58. The summed E-state index contributed by atoms with van der Waals surface area (Å²) < 4.78 is 16.0. The van der Waals surface area contributed by atoms with Crippen LogP contribution in [0.2, 0.25) is 0 Å². The largest absolute Gasteiger partial charge is 0.336 e. The van der Waals surface area contributed by atoms with Gasteiger partial charge in [-0.05, 0) is 42.1 Å². The Balaban J connectivity index is 1.44. The first-order valence-electron chi connectivity index (χ1n) is 11.4. The van der Waals surface area contributed by atoms with Gasteiger partial charge in [0.25, 0.3) is 0 Å². The zero-order valence-electron chi connectivity index (χ0n) is 19.2. The number of nitrogens with zero attached hydrogens (tertiary/aromatic N) is 4. The molecule has 0 aliphatic heterocycles. The molecule has 0 spiro atoms. The maximum Gasteiger partial charge on any atom is 0.224 e. The Morgan fingerprint density at radius 2 is 2.06 bits per heavy atom. The van der Waals surface area contributed by atoms with Gasteiger partial charge in [-0.25, -0.2) is 9.37 Å². The standard InChI is InChI=1S/C26H20FN7OS/c1-2-4-20(35)30-15-11-14(12-28-13-15)16-6-7-17-21(22(16)27)25(34-33-17)26-31-18-8-9-29-24(23(18)32-26)19-5-3-10-36-19/h3,5-13H,2,4H2,1H3,(H,30,35)(H,31,32)(H,33,34). The molecule has 36 heavy (non-hydrogen) atoms. The molecule has 6 rings (SSSR count). The Labute approximate surface area is 208 Å². The van der Waals surface area contributed by atoms with Crippen LogP contribution >= 0.6 is 11.3 Å². The minimum absolute atomic E-state index is 0.106. The van der Waals surface area contributed by atoms with E-state index in [-0.39, 0.29) is 5.91 Å². The number of thiophene rings is 1. The monoisotopic (exact) mass is 497 g/mol. The highest BCUT2D eigenvalue weighted by Gasteiger charge is 2.21. The second-order valence-electron chi connectivity index (χ2n) is 8.30. The quantitative estimate of drug-likeness (QED) is 0.255. The lowest BCUT2D eigenvalue weighted by molar-refractivity contribution is -0.116. The normalized spacial score (nSPS) is 11.4. The molecule has 1 amide bonds. The summed E-state index contributed by atoms with van der Waals surface area (Å²) in [6.45, 7) is 1.93. The third-order valence-corrected chi connectivity index (χ3v) is 6.73. The number of aromatic nitrogens is 6. The number of rotatable bonds is 6. The molecule has 0 atom stereocenters. The minimum atomic E-state index is -0.452. The first kappa shape index (κ1) is 22.1. The summed E-state index contributed by atoms with van der Waals surface area (Å²) in [5.41, 5.74) is 4.58. The zero-order chi connectivity index (χ0) is 24.6. The third-order valence-electron chi connectivity index (χ3n) is 5.86. The minimum Gasteiger partial charge on any atom is -0.336 e. The van der Waals surface area contributed by atoms with Gasteiger partial charge in [-0.3, -0.25) is 19.9 Å². The second-order valence-corrected chi connectivity index (χ2v) is 9.25. The topological polar surface area (TPSA) is 112 Å². The van der Waals surface area contributed by atoms with Crippen LogP contribution in [0.1, 0.15) is 19.8 Å². The average molecular weight is 498 g/mol. The Bertz CT molecular complexity index is 1720. The predicted molar refractivity (Wildman–Crippen MR) is 139 cm³/mol. The van der Waals surface area contributed by atoms with Crippen molar-refractivity contribution in [2.75, 3.05) is 5.32 Å². The third kappa shape index (κ3) is 3.81. The van der Waals surface area contributed by atoms with E-state index in [9.17, 15) is 4.79 Å². The fourth-order valence-electron chi connectivity index (χ4n) is 4.21. The molecule has 0 saturated carbocycles. The number of carbonyl (C=O) groups excluding carboxylic acids is 1. The highest BCUT2D eigenvalue weighted by Crippen LogP contribution is 2.35. The van der Waals surface area contributed by atoms with Gasteiger partial charge in [-0.15, -0.1) is 11.3 Å². The molecule has 8 nitrogen and oxygen atoms in total. The molecule has 10 heteroatoms. The smallest absolute Gasteiger partial charge is 0.224 e. The number of hydrogen-bond acceptors (Lipinski definition) is 6. The zero-order valence-corrected chi connectivity index (χ0v) is 20.0. The molecule has 0 bridgehead atoms. The molecule has 178 valence electrons. The summed E-state index contributed by atoms with van der Waals surface area (Å²) in [5, 5.41) is 12.4. The van der Waals surface area contributed by atoms with Crippen LogP contribution in [0.25, 0.3) is 55.2 Å². The number of halogens is 1. The number of amides is 1. The van der Waals surface area contributed by atoms with Crippen LogP contribution in [0.4, 0.5) is 10.1 Å². The van der Waals surface area contributed by atoms with Crippen molar-refractivity contribution in [2.45, 2.75) is 19.8 Å². The van der Waals surface area contributed by atoms with Gasteiger partial charge in [0, 0.05) is 29.9 Å². The van der Waals surface area contributed by atoms with Gasteiger partial charge in [0.05, 0.1) is 33.2 Å². The number of aromatic amines is 2. The lowest BCUT2D eigenvalue weighted by Crippen LogP contribution is -2.10. The Morgan fingerprint density at radius 3 is 2.89 bits per heavy atom. The molecule has 6 aromatic rings. The number of fused-ring (bicyclic) bond motifs is 2. The molecule has 3 N–H and O–H groups in total. The predicted octanol–water partition coefficient (Wildman–Crippen LogP) is 6.17. The van der Waals surface area contributed by atoms with Crippen molar-refractivity contribution in [1.29, 1.82) is 0 Å². The van der Waals surface area contributed by atoms with E-state index in [4.69, 9.17) is 4.98 Å². The summed E-state index contributed by atoms with van der Waals surface area (Å²) in [5.74, 6) is -0.116. The van der Waals surface area contributed by atoms with Crippen LogP contribution in [-0.4, -0.2) is 36.0 Å². The fraction of sp³-hybridized carbons (Fsp3) is 0.115. The van der Waals surface area contributed by atoms with Gasteiger partial charge in [0.2, 0.25) is 5.91 Å². The molecule has 0 unspecified atom stereocenters. The number of hydrogen-bond donors (Lipinski definition) is 3. The first-order chi connectivity index (χ1) is 17.6. The number of carbonyl (C=O) groups is 1. The number of anilines is 1. The first-order valence-corrected chi connectivity index (χ1v) is 12.3. The van der Waals surface area contributed by atoms with Gasteiger partial charge in [0.15, 0.2) is 5.82 Å². The molecule has 5 aromatic heterocycles. The van der Waals surface area contributed by atoms with Crippen LogP contribution in [0.5, 0.6) is 0 Å². The summed E-state index contributed by atoms with van der Waals surface area (Å²) in [7, 11) is 0. The lowest BCUT2D eigenvalue weighted by Gasteiger charge is -2.08. The second kappa shape index (κ2) is 8.97. The highest BCUT2D eigenvalue weighted by atomic mass is 32.1. The number of benzene rings is 1. The highest BCUT2D eigenvalue weighted by molar-refractivity contribution is 7.13. The SMILES string of the molecule is CCCC(=O)Nc1cncc(-c2ccc3[nH]nc(-c4nc5c(-c6cccs6)nccc5[nH]4)c3c2F)c1. The molecule has 0 fully saturated rings. The number of nitrogens with one attached hydrogen (secondary N) is 3. The summed E-state index contributed by atoms with van der Waals surface area (Å²) in [6.07, 6.45) is 5.98. The number of pyridine rings is 2. The van der Waals surface area contributed by atoms with Crippen molar-refractivity contribution in [2.24, 2.45) is 0 Å². The van der Waals surface area contributed by atoms with Crippen molar-refractivity contribution >= 4 is 44.9 Å². The summed E-state index contributed by atoms with van der Waals surface area (Å²) in [6, 6.07) is 10.9. The van der Waals surface area contributed by atoms with Gasteiger partial charge in [0.1, 0.15) is 22.7 Å². The van der Waals surface area contributed by atoms with Crippen LogP contribution in [0, 0.1) is 5.82 Å². The maximum atomic E-state index is 16.0.